The van der Waals surface area contributed by atoms with Crippen LogP contribution in [-0.4, -0.2) is 51.9 Å². The average molecular weight is 361 g/mol. The molecule has 1 aromatic carbocycles. The van der Waals surface area contributed by atoms with Crippen molar-refractivity contribution in [1.29, 1.82) is 0 Å². The van der Waals surface area contributed by atoms with Gasteiger partial charge in [0.2, 0.25) is 11.8 Å². The lowest BCUT2D eigenvalue weighted by Crippen LogP contribution is -2.54. The summed E-state index contributed by atoms with van der Waals surface area (Å²) in [4.78, 5) is 29.1. The molecule has 2 fully saturated rings. The van der Waals surface area contributed by atoms with Gasteiger partial charge < -0.3 is 9.80 Å². The third kappa shape index (κ3) is 4.02. The van der Waals surface area contributed by atoms with Crippen LogP contribution >= 0.6 is 11.8 Å². The zero-order chi connectivity index (χ0) is 17.9. The van der Waals surface area contributed by atoms with E-state index >= 15 is 0 Å². The summed E-state index contributed by atoms with van der Waals surface area (Å²) in [5.41, 5.74) is 1.22. The summed E-state index contributed by atoms with van der Waals surface area (Å²) >= 11 is 1.91. The number of likely N-dealkylation sites (tertiary alicyclic amines) is 1. The Morgan fingerprint density at radius 2 is 1.80 bits per heavy atom. The van der Waals surface area contributed by atoms with Gasteiger partial charge in [-0.3, -0.25) is 9.59 Å². The van der Waals surface area contributed by atoms with Crippen LogP contribution in [0.2, 0.25) is 0 Å². The molecule has 1 spiro atoms. The Bertz CT molecular complexity index is 609. The van der Waals surface area contributed by atoms with Crippen molar-refractivity contribution < 1.29 is 9.59 Å². The molecule has 0 saturated carbocycles. The van der Waals surface area contributed by atoms with E-state index in [-0.39, 0.29) is 22.6 Å². The second-order valence-electron chi connectivity index (χ2n) is 7.31. The van der Waals surface area contributed by atoms with Crippen LogP contribution in [0.1, 0.15) is 38.7 Å². The fraction of sp³-hybridized carbons (Fsp3) is 0.600. The second-order valence-corrected chi connectivity index (χ2v) is 8.76. The number of rotatable bonds is 4. The monoisotopic (exact) mass is 360 g/mol. The largest absolute Gasteiger partial charge is 0.342 e. The van der Waals surface area contributed by atoms with Crippen LogP contribution in [0.5, 0.6) is 0 Å². The van der Waals surface area contributed by atoms with E-state index in [1.54, 1.807) is 0 Å². The van der Waals surface area contributed by atoms with Gasteiger partial charge in [0.05, 0.1) is 4.87 Å². The maximum absolute atomic E-state index is 12.8. The molecule has 2 saturated heterocycles. The van der Waals surface area contributed by atoms with Gasteiger partial charge in [-0.1, -0.05) is 44.2 Å². The number of carbonyl (C=O) groups is 2. The van der Waals surface area contributed by atoms with E-state index in [4.69, 9.17) is 0 Å². The summed E-state index contributed by atoms with van der Waals surface area (Å²) in [5.74, 6) is 1.56. The minimum atomic E-state index is -0.0818. The molecule has 0 bridgehead atoms. The van der Waals surface area contributed by atoms with Crippen molar-refractivity contribution in [2.45, 2.75) is 44.4 Å². The summed E-state index contributed by atoms with van der Waals surface area (Å²) in [7, 11) is 0. The Hall–Kier alpha value is -1.49. The summed E-state index contributed by atoms with van der Waals surface area (Å²) in [6, 6.07) is 10.2. The number of aryl methyl sites for hydroxylation is 1. The van der Waals surface area contributed by atoms with Crippen molar-refractivity contribution in [3.63, 3.8) is 0 Å². The molecule has 2 heterocycles. The molecule has 3 rings (SSSR count). The Balaban J connectivity index is 1.59. The second kappa shape index (κ2) is 7.81. The minimum Gasteiger partial charge on any atom is -0.342 e. The lowest BCUT2D eigenvalue weighted by Gasteiger charge is -2.44. The highest BCUT2D eigenvalue weighted by Gasteiger charge is 2.46. The number of hydrogen-bond acceptors (Lipinski definition) is 3. The van der Waals surface area contributed by atoms with Crippen LogP contribution in [0.3, 0.4) is 0 Å². The first kappa shape index (κ1) is 18.3. The van der Waals surface area contributed by atoms with Crippen molar-refractivity contribution in [1.82, 2.24) is 9.80 Å². The summed E-state index contributed by atoms with van der Waals surface area (Å²) in [6.45, 7) is 6.29. The lowest BCUT2D eigenvalue weighted by atomic mass is 9.99. The predicted molar refractivity (Wildman–Crippen MR) is 102 cm³/mol. The molecule has 0 radical (unpaired) electrons. The number of piperidine rings is 1. The first-order valence-corrected chi connectivity index (χ1v) is 10.3. The zero-order valence-electron chi connectivity index (χ0n) is 15.2. The van der Waals surface area contributed by atoms with Gasteiger partial charge in [-0.25, -0.2) is 0 Å². The highest BCUT2D eigenvalue weighted by molar-refractivity contribution is 8.00. The summed E-state index contributed by atoms with van der Waals surface area (Å²) in [5, 5.41) is 0. The van der Waals surface area contributed by atoms with Crippen LogP contribution < -0.4 is 0 Å². The molecule has 0 N–H and O–H groups in total. The van der Waals surface area contributed by atoms with E-state index in [9.17, 15) is 9.59 Å². The van der Waals surface area contributed by atoms with E-state index in [0.29, 0.717) is 6.42 Å². The highest BCUT2D eigenvalue weighted by atomic mass is 32.2. The SMILES string of the molecule is CC(C)C(=O)N1CCC2(CC1)SCCN2C(=O)CCc1ccccc1. The molecule has 1 aromatic rings. The quantitative estimate of drug-likeness (QED) is 0.828. The van der Waals surface area contributed by atoms with Gasteiger partial charge in [0.1, 0.15) is 0 Å². The van der Waals surface area contributed by atoms with Crippen LogP contribution in [-0.2, 0) is 16.0 Å². The standard InChI is InChI=1S/C20H28N2O2S/c1-16(2)19(24)21-12-10-20(11-13-21)22(14-15-25-20)18(23)9-8-17-6-4-3-5-7-17/h3-7,16H,8-15H2,1-2H3. The molecule has 4 nitrogen and oxygen atoms in total. The Morgan fingerprint density at radius 3 is 2.44 bits per heavy atom. The number of thioether (sulfide) groups is 1. The van der Waals surface area contributed by atoms with Crippen molar-refractivity contribution >= 4 is 23.6 Å². The molecule has 5 heteroatoms. The Kier molecular flexibility index (Phi) is 5.72. The number of nitrogens with zero attached hydrogens (tertiary/aromatic N) is 2. The number of benzene rings is 1. The smallest absolute Gasteiger partial charge is 0.225 e. The highest BCUT2D eigenvalue weighted by Crippen LogP contribution is 2.44. The fourth-order valence-corrected chi connectivity index (χ4v) is 5.32. The number of amides is 2. The first-order valence-electron chi connectivity index (χ1n) is 9.29. The molecular formula is C20H28N2O2S. The Morgan fingerprint density at radius 1 is 1.12 bits per heavy atom. The Labute approximate surface area is 154 Å². The molecule has 2 aliphatic rings. The maximum Gasteiger partial charge on any atom is 0.225 e. The molecule has 25 heavy (non-hydrogen) atoms. The van der Waals surface area contributed by atoms with Crippen LogP contribution in [0.25, 0.3) is 0 Å². The predicted octanol–water partition coefficient (Wildman–Crippen LogP) is 3.17. The molecule has 0 unspecified atom stereocenters. The number of carbonyl (C=O) groups excluding carboxylic acids is 2. The van der Waals surface area contributed by atoms with E-state index in [1.807, 2.05) is 48.7 Å². The summed E-state index contributed by atoms with van der Waals surface area (Å²) in [6.07, 6.45) is 3.16. The molecular weight excluding hydrogens is 332 g/mol. The zero-order valence-corrected chi connectivity index (χ0v) is 16.1. The van der Waals surface area contributed by atoms with Crippen LogP contribution in [0, 0.1) is 5.92 Å². The molecule has 2 amide bonds. The average Bonchev–Trinajstić information content (AvgIpc) is 3.03. The van der Waals surface area contributed by atoms with E-state index in [1.165, 1.54) is 5.56 Å². The van der Waals surface area contributed by atoms with Crippen molar-refractivity contribution in [3.05, 3.63) is 35.9 Å². The van der Waals surface area contributed by atoms with Gasteiger partial charge in [-0.15, -0.1) is 11.8 Å². The fourth-order valence-electron chi connectivity index (χ4n) is 3.85. The van der Waals surface area contributed by atoms with E-state index < -0.39 is 0 Å². The number of hydrogen-bond donors (Lipinski definition) is 0. The maximum atomic E-state index is 12.8. The van der Waals surface area contributed by atoms with Crippen molar-refractivity contribution in [3.8, 4) is 0 Å². The van der Waals surface area contributed by atoms with Gasteiger partial charge in [-0.05, 0) is 24.8 Å². The van der Waals surface area contributed by atoms with Crippen LogP contribution in [0.15, 0.2) is 30.3 Å². The van der Waals surface area contributed by atoms with Gasteiger partial charge >= 0.3 is 0 Å². The van der Waals surface area contributed by atoms with E-state index in [0.717, 1.165) is 44.6 Å². The molecule has 2 aliphatic heterocycles. The normalized spacial score (nSPS) is 19.6. The molecule has 136 valence electrons. The van der Waals surface area contributed by atoms with Crippen LogP contribution in [0.4, 0.5) is 0 Å². The minimum absolute atomic E-state index is 0.0499. The molecule has 0 aromatic heterocycles. The third-order valence-corrected chi connectivity index (χ3v) is 6.85. The van der Waals surface area contributed by atoms with Gasteiger partial charge in [0.25, 0.3) is 0 Å². The lowest BCUT2D eigenvalue weighted by molar-refractivity contribution is -0.138. The van der Waals surface area contributed by atoms with Gasteiger partial charge in [0.15, 0.2) is 0 Å². The van der Waals surface area contributed by atoms with Crippen molar-refractivity contribution in [2.24, 2.45) is 5.92 Å². The molecule has 0 aliphatic carbocycles. The first-order chi connectivity index (χ1) is 12.0. The van der Waals surface area contributed by atoms with E-state index in [2.05, 4.69) is 17.0 Å². The van der Waals surface area contributed by atoms with Crippen molar-refractivity contribution in [2.75, 3.05) is 25.4 Å². The third-order valence-electron chi connectivity index (χ3n) is 5.30. The topological polar surface area (TPSA) is 40.6 Å². The van der Waals surface area contributed by atoms with Gasteiger partial charge in [-0.2, -0.15) is 0 Å². The van der Waals surface area contributed by atoms with Gasteiger partial charge in [0, 0.05) is 37.7 Å². The molecule has 0 atom stereocenters. The summed E-state index contributed by atoms with van der Waals surface area (Å²) < 4.78 is 0.